The van der Waals surface area contributed by atoms with Crippen molar-refractivity contribution in [2.24, 2.45) is 40.4 Å². The van der Waals surface area contributed by atoms with Crippen molar-refractivity contribution < 1.29 is 9.53 Å². The molecule has 36 heavy (non-hydrogen) atoms. The van der Waals surface area contributed by atoms with Gasteiger partial charge in [-0.05, 0) is 109 Å². The summed E-state index contributed by atoms with van der Waals surface area (Å²) < 4.78 is 6.01. The van der Waals surface area contributed by atoms with Crippen LogP contribution in [0.1, 0.15) is 109 Å². The molecule has 0 heterocycles. The van der Waals surface area contributed by atoms with Gasteiger partial charge in [0, 0.05) is 0 Å². The van der Waals surface area contributed by atoms with E-state index in [1.807, 2.05) is 30.3 Å². The van der Waals surface area contributed by atoms with Crippen molar-refractivity contribution in [2.75, 3.05) is 0 Å². The first kappa shape index (κ1) is 25.8. The standard InChI is InChI=1S/C34H48O2/c1-23(2)10-9-11-24(3)29-16-17-30-28-15-14-26-22-27(36-32(35)25-12-7-6-8-13-25)18-20-33(26,4)31(28)19-21-34(29,30)5/h6-8,12-13,15,17,23-24,26-27,29,31H,9-11,14,16,18-22H2,1-5H3/t24-,26+,27+,29-,31-,33-,34+/m0/s1. The number of allylic oxidation sites excluding steroid dienone is 4. The fourth-order valence-corrected chi connectivity index (χ4v) is 8.71. The highest BCUT2D eigenvalue weighted by Crippen LogP contribution is 2.65. The van der Waals surface area contributed by atoms with Crippen LogP contribution in [0.3, 0.4) is 0 Å². The molecule has 0 spiro atoms. The van der Waals surface area contributed by atoms with Gasteiger partial charge in [-0.2, -0.15) is 0 Å². The van der Waals surface area contributed by atoms with Gasteiger partial charge in [0.2, 0.25) is 0 Å². The number of hydrogen-bond acceptors (Lipinski definition) is 2. The van der Waals surface area contributed by atoms with Gasteiger partial charge in [-0.15, -0.1) is 0 Å². The Bertz CT molecular complexity index is 1000. The number of benzene rings is 1. The Labute approximate surface area is 220 Å². The summed E-state index contributed by atoms with van der Waals surface area (Å²) in [4.78, 5) is 12.7. The molecule has 0 bridgehead atoms. The van der Waals surface area contributed by atoms with E-state index in [1.165, 1.54) is 44.9 Å². The largest absolute Gasteiger partial charge is 0.459 e. The van der Waals surface area contributed by atoms with E-state index in [0.29, 0.717) is 28.2 Å². The number of esters is 1. The van der Waals surface area contributed by atoms with Gasteiger partial charge in [-0.25, -0.2) is 4.79 Å². The van der Waals surface area contributed by atoms with Crippen molar-refractivity contribution in [1.29, 1.82) is 0 Å². The van der Waals surface area contributed by atoms with Crippen LogP contribution in [0.2, 0.25) is 0 Å². The molecule has 0 unspecified atom stereocenters. The van der Waals surface area contributed by atoms with Gasteiger partial charge in [0.25, 0.3) is 0 Å². The van der Waals surface area contributed by atoms with Crippen LogP contribution in [0.25, 0.3) is 0 Å². The van der Waals surface area contributed by atoms with Crippen LogP contribution in [0.4, 0.5) is 0 Å². The first-order valence-corrected chi connectivity index (χ1v) is 14.9. The molecule has 0 saturated heterocycles. The van der Waals surface area contributed by atoms with Crippen molar-refractivity contribution in [3.63, 3.8) is 0 Å². The number of rotatable bonds is 7. The number of ether oxygens (including phenoxy) is 1. The van der Waals surface area contributed by atoms with Crippen molar-refractivity contribution in [3.8, 4) is 0 Å². The zero-order chi connectivity index (χ0) is 25.5. The zero-order valence-electron chi connectivity index (χ0n) is 23.4. The second-order valence-corrected chi connectivity index (χ2v) is 13.5. The molecule has 1 aromatic rings. The fourth-order valence-electron chi connectivity index (χ4n) is 8.71. The molecule has 5 rings (SSSR count). The minimum Gasteiger partial charge on any atom is -0.459 e. The predicted octanol–water partition coefficient (Wildman–Crippen LogP) is 9.17. The van der Waals surface area contributed by atoms with E-state index in [9.17, 15) is 4.79 Å². The maximum atomic E-state index is 12.7. The topological polar surface area (TPSA) is 26.3 Å². The third-order valence-electron chi connectivity index (χ3n) is 11.0. The number of carbonyl (C=O) groups excluding carboxylic acids is 1. The van der Waals surface area contributed by atoms with Crippen LogP contribution >= 0.6 is 0 Å². The molecule has 4 aliphatic rings. The van der Waals surface area contributed by atoms with Crippen molar-refractivity contribution in [1.82, 2.24) is 0 Å². The van der Waals surface area contributed by atoms with E-state index in [0.717, 1.165) is 37.0 Å². The summed E-state index contributed by atoms with van der Waals surface area (Å²) in [5.41, 5.74) is 4.80. The maximum Gasteiger partial charge on any atom is 0.338 e. The molecule has 1 aromatic carbocycles. The summed E-state index contributed by atoms with van der Waals surface area (Å²) in [5, 5.41) is 0. The highest BCUT2D eigenvalue weighted by Gasteiger charge is 2.55. The molecule has 0 aromatic heterocycles. The Hall–Kier alpha value is -1.83. The molecule has 2 heteroatoms. The van der Waals surface area contributed by atoms with Crippen LogP contribution < -0.4 is 0 Å². The quantitative estimate of drug-likeness (QED) is 0.358. The van der Waals surface area contributed by atoms with E-state index >= 15 is 0 Å². The van der Waals surface area contributed by atoms with Gasteiger partial charge in [-0.1, -0.05) is 84.2 Å². The average molecular weight is 489 g/mol. The zero-order valence-corrected chi connectivity index (χ0v) is 23.4. The number of carbonyl (C=O) groups is 1. The van der Waals surface area contributed by atoms with Gasteiger partial charge >= 0.3 is 5.97 Å². The fraction of sp³-hybridized carbons (Fsp3) is 0.676. The Morgan fingerprint density at radius 2 is 1.78 bits per heavy atom. The average Bonchev–Trinajstić information content (AvgIpc) is 3.22. The van der Waals surface area contributed by atoms with Gasteiger partial charge in [0.05, 0.1) is 5.56 Å². The predicted molar refractivity (Wildman–Crippen MR) is 149 cm³/mol. The summed E-state index contributed by atoms with van der Waals surface area (Å²) in [6, 6.07) is 9.48. The molecular formula is C34H48O2. The molecule has 196 valence electrons. The minimum absolute atomic E-state index is 0.0568. The summed E-state index contributed by atoms with van der Waals surface area (Å²) in [6.45, 7) is 12.4. The monoisotopic (exact) mass is 488 g/mol. The van der Waals surface area contributed by atoms with E-state index in [1.54, 1.807) is 11.1 Å². The Morgan fingerprint density at radius 1 is 1.00 bits per heavy atom. The van der Waals surface area contributed by atoms with Gasteiger partial charge in [0.15, 0.2) is 0 Å². The third kappa shape index (κ3) is 4.63. The molecule has 2 saturated carbocycles. The highest BCUT2D eigenvalue weighted by molar-refractivity contribution is 5.89. The lowest BCUT2D eigenvalue weighted by Crippen LogP contribution is -2.48. The van der Waals surface area contributed by atoms with Gasteiger partial charge < -0.3 is 4.74 Å². The molecular weight excluding hydrogens is 440 g/mol. The number of hydrogen-bond donors (Lipinski definition) is 0. The lowest BCUT2D eigenvalue weighted by molar-refractivity contribution is -0.0409. The van der Waals surface area contributed by atoms with Crippen molar-refractivity contribution in [2.45, 2.75) is 105 Å². The smallest absolute Gasteiger partial charge is 0.338 e. The van der Waals surface area contributed by atoms with E-state index in [2.05, 4.69) is 46.8 Å². The molecule has 7 atom stereocenters. The molecule has 2 nitrogen and oxygen atoms in total. The van der Waals surface area contributed by atoms with E-state index < -0.39 is 0 Å². The lowest BCUT2D eigenvalue weighted by Gasteiger charge is -2.56. The molecule has 2 fully saturated rings. The Kier molecular flexibility index (Phi) is 7.27. The second kappa shape index (κ2) is 10.1. The van der Waals surface area contributed by atoms with Gasteiger partial charge in [-0.3, -0.25) is 0 Å². The van der Waals surface area contributed by atoms with Crippen LogP contribution in [0.5, 0.6) is 0 Å². The SMILES string of the molecule is CC(C)CCC[C@H](C)[C@@H]1CC=C2C3=CC[C@@H]4C[C@H](OC(=O)c5ccccc5)CC[C@]4(C)[C@H]3CC[C@@]21C. The van der Waals surface area contributed by atoms with E-state index in [-0.39, 0.29) is 12.1 Å². The summed E-state index contributed by atoms with van der Waals surface area (Å²) in [7, 11) is 0. The summed E-state index contributed by atoms with van der Waals surface area (Å²) in [6.07, 6.45) is 17.7. The summed E-state index contributed by atoms with van der Waals surface area (Å²) >= 11 is 0. The first-order chi connectivity index (χ1) is 17.2. The molecule has 0 aliphatic heterocycles. The van der Waals surface area contributed by atoms with Crippen molar-refractivity contribution >= 4 is 5.97 Å². The second-order valence-electron chi connectivity index (χ2n) is 13.5. The molecule has 0 radical (unpaired) electrons. The number of fused-ring (bicyclic) bond motifs is 5. The lowest BCUT2D eigenvalue weighted by atomic mass is 9.48. The van der Waals surface area contributed by atoms with Crippen molar-refractivity contribution in [3.05, 3.63) is 59.2 Å². The Balaban J connectivity index is 1.26. The molecule has 0 N–H and O–H groups in total. The molecule has 4 aliphatic carbocycles. The Morgan fingerprint density at radius 3 is 2.53 bits per heavy atom. The molecule has 0 amide bonds. The third-order valence-corrected chi connectivity index (χ3v) is 11.0. The highest BCUT2D eigenvalue weighted by atomic mass is 16.5. The van der Waals surface area contributed by atoms with Crippen LogP contribution in [0, 0.1) is 40.4 Å². The normalized spacial score (nSPS) is 36.3. The van der Waals surface area contributed by atoms with Crippen LogP contribution in [-0.4, -0.2) is 12.1 Å². The first-order valence-electron chi connectivity index (χ1n) is 14.9. The van der Waals surface area contributed by atoms with Crippen LogP contribution in [-0.2, 0) is 4.74 Å². The van der Waals surface area contributed by atoms with Crippen LogP contribution in [0.15, 0.2) is 53.6 Å². The summed E-state index contributed by atoms with van der Waals surface area (Å²) in [5.74, 6) is 3.57. The van der Waals surface area contributed by atoms with E-state index in [4.69, 9.17) is 4.74 Å². The maximum absolute atomic E-state index is 12.7. The van der Waals surface area contributed by atoms with Gasteiger partial charge in [0.1, 0.15) is 6.10 Å². The minimum atomic E-state index is -0.158.